The van der Waals surface area contributed by atoms with Crippen molar-refractivity contribution in [3.05, 3.63) is 0 Å². The van der Waals surface area contributed by atoms with Gasteiger partial charge < -0.3 is 20.1 Å². The first-order valence-electron chi connectivity index (χ1n) is 4.45. The fourth-order valence-electron chi connectivity index (χ4n) is 1.43. The normalized spacial score (nSPS) is 44.4. The fourth-order valence-corrected chi connectivity index (χ4v) is 1.43. The molecule has 1 fully saturated rings. The Morgan fingerprint density at radius 3 is 2.21 bits per heavy atom. The van der Waals surface area contributed by atoms with Gasteiger partial charge in [0.2, 0.25) is 0 Å². The number of likely N-dealkylation sites (N-methyl/N-ethyl adjacent to an activating group) is 1. The molecule has 0 aromatic carbocycles. The SMILES string of the molecule is CON(C)[C@@H]1OC(C)[C@H](O)C(O)[C@@H]1O. The number of aliphatic hydroxyl groups is 3. The fraction of sp³-hybridized carbons (Fsp3) is 1.00. The van der Waals surface area contributed by atoms with Crippen LogP contribution in [0.15, 0.2) is 0 Å². The molecule has 84 valence electrons. The summed E-state index contributed by atoms with van der Waals surface area (Å²) < 4.78 is 5.27. The van der Waals surface area contributed by atoms with E-state index in [2.05, 4.69) is 0 Å². The van der Waals surface area contributed by atoms with Gasteiger partial charge in [-0.1, -0.05) is 0 Å². The van der Waals surface area contributed by atoms with Crippen molar-refractivity contribution in [1.82, 2.24) is 5.06 Å². The molecule has 0 aromatic heterocycles. The van der Waals surface area contributed by atoms with Crippen LogP contribution in [-0.4, -0.2) is 65.2 Å². The quantitative estimate of drug-likeness (QED) is 0.469. The minimum Gasteiger partial charge on any atom is -0.388 e. The van der Waals surface area contributed by atoms with Gasteiger partial charge in [0.05, 0.1) is 13.2 Å². The van der Waals surface area contributed by atoms with Gasteiger partial charge in [-0.3, -0.25) is 4.84 Å². The molecule has 14 heavy (non-hydrogen) atoms. The largest absolute Gasteiger partial charge is 0.388 e. The van der Waals surface area contributed by atoms with E-state index in [-0.39, 0.29) is 0 Å². The summed E-state index contributed by atoms with van der Waals surface area (Å²) in [5.41, 5.74) is 0. The van der Waals surface area contributed by atoms with Crippen molar-refractivity contribution in [2.45, 2.75) is 37.6 Å². The van der Waals surface area contributed by atoms with Crippen LogP contribution in [-0.2, 0) is 9.57 Å². The highest BCUT2D eigenvalue weighted by Crippen LogP contribution is 2.22. The van der Waals surface area contributed by atoms with Crippen LogP contribution in [0.4, 0.5) is 0 Å². The van der Waals surface area contributed by atoms with Crippen LogP contribution in [0.2, 0.25) is 0 Å². The Labute approximate surface area is 82.6 Å². The maximum absolute atomic E-state index is 9.57. The Hall–Kier alpha value is -0.240. The van der Waals surface area contributed by atoms with E-state index in [0.29, 0.717) is 0 Å². The first-order valence-corrected chi connectivity index (χ1v) is 4.45. The van der Waals surface area contributed by atoms with Gasteiger partial charge in [0, 0.05) is 7.05 Å². The molecule has 1 aliphatic heterocycles. The number of aliphatic hydroxyl groups excluding tert-OH is 3. The predicted molar refractivity (Wildman–Crippen MR) is 47.1 cm³/mol. The number of nitrogens with zero attached hydrogens (tertiary/aromatic N) is 1. The summed E-state index contributed by atoms with van der Waals surface area (Å²) >= 11 is 0. The molecule has 6 nitrogen and oxygen atoms in total. The molecular weight excluding hydrogens is 190 g/mol. The monoisotopic (exact) mass is 207 g/mol. The van der Waals surface area contributed by atoms with Crippen LogP contribution in [0.25, 0.3) is 0 Å². The highest BCUT2D eigenvalue weighted by molar-refractivity contribution is 4.88. The summed E-state index contributed by atoms with van der Waals surface area (Å²) in [6.07, 6.45) is -4.80. The summed E-state index contributed by atoms with van der Waals surface area (Å²) in [6, 6.07) is 0. The zero-order valence-corrected chi connectivity index (χ0v) is 8.49. The van der Waals surface area contributed by atoms with Crippen LogP contribution >= 0.6 is 0 Å². The Balaban J connectivity index is 2.70. The van der Waals surface area contributed by atoms with E-state index >= 15 is 0 Å². The molecule has 2 unspecified atom stereocenters. The lowest BCUT2D eigenvalue weighted by Crippen LogP contribution is -2.60. The number of hydrogen-bond donors (Lipinski definition) is 3. The molecule has 0 aliphatic carbocycles. The molecule has 0 saturated carbocycles. The molecule has 1 aliphatic rings. The molecule has 6 heteroatoms. The minimum atomic E-state index is -1.22. The lowest BCUT2D eigenvalue weighted by Gasteiger charge is -2.41. The second-order valence-electron chi connectivity index (χ2n) is 3.43. The van der Waals surface area contributed by atoms with Gasteiger partial charge in [0.25, 0.3) is 0 Å². The van der Waals surface area contributed by atoms with Crippen molar-refractivity contribution in [2.75, 3.05) is 14.2 Å². The average molecular weight is 207 g/mol. The number of hydrogen-bond acceptors (Lipinski definition) is 6. The van der Waals surface area contributed by atoms with Crippen LogP contribution in [0, 0.1) is 0 Å². The van der Waals surface area contributed by atoms with Crippen molar-refractivity contribution in [2.24, 2.45) is 0 Å². The van der Waals surface area contributed by atoms with E-state index in [1.807, 2.05) is 0 Å². The van der Waals surface area contributed by atoms with E-state index in [4.69, 9.17) is 9.57 Å². The van der Waals surface area contributed by atoms with Crippen molar-refractivity contribution >= 4 is 0 Å². The Morgan fingerprint density at radius 1 is 1.14 bits per heavy atom. The molecule has 5 atom stereocenters. The standard InChI is InChI=1S/C8H17NO5/c1-4-5(10)6(11)7(12)8(14-4)9(2)13-3/h4-8,10-12H,1-3H3/t4?,5-,6?,7-,8+/m0/s1. The molecule has 0 radical (unpaired) electrons. The topological polar surface area (TPSA) is 82.4 Å². The molecule has 0 spiro atoms. The van der Waals surface area contributed by atoms with Crippen LogP contribution in [0.5, 0.6) is 0 Å². The van der Waals surface area contributed by atoms with Crippen molar-refractivity contribution in [1.29, 1.82) is 0 Å². The summed E-state index contributed by atoms with van der Waals surface area (Å²) in [4.78, 5) is 4.85. The van der Waals surface area contributed by atoms with Gasteiger partial charge in [-0.2, -0.15) is 5.06 Å². The zero-order valence-electron chi connectivity index (χ0n) is 8.49. The van der Waals surface area contributed by atoms with E-state index in [1.54, 1.807) is 14.0 Å². The summed E-state index contributed by atoms with van der Waals surface area (Å²) in [5, 5.41) is 29.7. The van der Waals surface area contributed by atoms with Gasteiger partial charge in [0.1, 0.15) is 18.3 Å². The molecular formula is C8H17NO5. The predicted octanol–water partition coefficient (Wildman–Crippen LogP) is -1.69. The average Bonchev–Trinajstić information content (AvgIpc) is 2.19. The minimum absolute atomic E-state index is 0.545. The van der Waals surface area contributed by atoms with E-state index in [0.717, 1.165) is 0 Å². The molecule has 1 heterocycles. The molecule has 3 N–H and O–H groups in total. The zero-order chi connectivity index (χ0) is 10.9. The third kappa shape index (κ3) is 2.05. The van der Waals surface area contributed by atoms with Crippen LogP contribution in [0.1, 0.15) is 6.92 Å². The van der Waals surface area contributed by atoms with Gasteiger partial charge in [0.15, 0.2) is 6.23 Å². The number of rotatable bonds is 2. The third-order valence-corrected chi connectivity index (χ3v) is 2.47. The summed E-state index contributed by atoms with van der Waals surface area (Å²) in [7, 11) is 3.00. The van der Waals surface area contributed by atoms with Gasteiger partial charge in [-0.05, 0) is 6.92 Å². The van der Waals surface area contributed by atoms with Crippen LogP contribution in [0.3, 0.4) is 0 Å². The molecule has 0 amide bonds. The molecule has 1 rings (SSSR count). The second kappa shape index (κ2) is 4.52. The first-order chi connectivity index (χ1) is 6.49. The lowest BCUT2D eigenvalue weighted by atomic mass is 9.99. The summed E-state index contributed by atoms with van der Waals surface area (Å²) in [6.45, 7) is 1.62. The number of ether oxygens (including phenoxy) is 1. The lowest BCUT2D eigenvalue weighted by molar-refractivity contribution is -0.314. The molecule has 0 bridgehead atoms. The van der Waals surface area contributed by atoms with E-state index in [1.165, 1.54) is 12.2 Å². The Bertz CT molecular complexity index is 191. The molecule has 1 saturated heterocycles. The second-order valence-corrected chi connectivity index (χ2v) is 3.43. The van der Waals surface area contributed by atoms with Gasteiger partial charge in [-0.25, -0.2) is 0 Å². The van der Waals surface area contributed by atoms with Crippen molar-refractivity contribution < 1.29 is 24.9 Å². The highest BCUT2D eigenvalue weighted by Gasteiger charge is 2.43. The van der Waals surface area contributed by atoms with Crippen molar-refractivity contribution in [3.8, 4) is 0 Å². The van der Waals surface area contributed by atoms with Crippen LogP contribution < -0.4 is 0 Å². The first kappa shape index (κ1) is 11.8. The number of hydroxylamine groups is 2. The summed E-state index contributed by atoms with van der Waals surface area (Å²) in [5.74, 6) is 0. The van der Waals surface area contributed by atoms with Gasteiger partial charge >= 0.3 is 0 Å². The maximum Gasteiger partial charge on any atom is 0.161 e. The van der Waals surface area contributed by atoms with Crippen molar-refractivity contribution in [3.63, 3.8) is 0 Å². The Morgan fingerprint density at radius 2 is 1.71 bits per heavy atom. The maximum atomic E-state index is 9.57. The van der Waals surface area contributed by atoms with E-state index in [9.17, 15) is 15.3 Å². The third-order valence-electron chi connectivity index (χ3n) is 2.47. The highest BCUT2D eigenvalue weighted by atomic mass is 16.7. The smallest absolute Gasteiger partial charge is 0.161 e. The molecule has 0 aromatic rings. The van der Waals surface area contributed by atoms with E-state index < -0.39 is 30.6 Å². The Kier molecular flexibility index (Phi) is 3.82. The van der Waals surface area contributed by atoms with Gasteiger partial charge in [-0.15, -0.1) is 0 Å².